The molecule has 0 saturated carbocycles. The first-order chi connectivity index (χ1) is 12.1. The second kappa shape index (κ2) is 8.06. The number of thiophene rings is 1. The molecular formula is C17H20N4O3S. The Morgan fingerprint density at radius 1 is 1.44 bits per heavy atom. The van der Waals surface area contributed by atoms with E-state index in [1.807, 2.05) is 23.6 Å². The fraction of sp³-hybridized carbons (Fsp3) is 0.412. The van der Waals surface area contributed by atoms with Gasteiger partial charge in [0, 0.05) is 30.0 Å². The molecule has 1 aliphatic heterocycles. The minimum absolute atomic E-state index is 0.00593. The Hall–Kier alpha value is -2.48. The van der Waals surface area contributed by atoms with Gasteiger partial charge in [-0.1, -0.05) is 11.2 Å². The third-order valence-corrected chi connectivity index (χ3v) is 4.93. The smallest absolute Gasteiger partial charge is 0.246 e. The lowest BCUT2D eigenvalue weighted by molar-refractivity contribution is -0.132. The number of hydrogen-bond donors (Lipinski definition) is 1. The summed E-state index contributed by atoms with van der Waals surface area (Å²) in [5.74, 6) is 0.823. The van der Waals surface area contributed by atoms with Gasteiger partial charge in [0.05, 0.1) is 6.54 Å². The zero-order valence-corrected chi connectivity index (χ0v) is 14.8. The molecule has 2 aromatic rings. The first-order valence-corrected chi connectivity index (χ1v) is 9.07. The number of carbonyl (C=O) groups excluding carboxylic acids is 2. The van der Waals surface area contributed by atoms with Crippen molar-refractivity contribution >= 4 is 29.2 Å². The van der Waals surface area contributed by atoms with E-state index in [-0.39, 0.29) is 24.3 Å². The van der Waals surface area contributed by atoms with Crippen LogP contribution in [0.2, 0.25) is 0 Å². The molecule has 0 radical (unpaired) electrons. The largest absolute Gasteiger partial charge is 0.347 e. The van der Waals surface area contributed by atoms with Crippen LogP contribution in [0.25, 0.3) is 6.08 Å². The van der Waals surface area contributed by atoms with Crippen molar-refractivity contribution in [3.63, 3.8) is 0 Å². The predicted octanol–water partition coefficient (Wildman–Crippen LogP) is 2.01. The van der Waals surface area contributed by atoms with E-state index >= 15 is 0 Å². The van der Waals surface area contributed by atoms with Crippen molar-refractivity contribution in [2.45, 2.75) is 26.3 Å². The molecule has 0 spiro atoms. The molecule has 0 bridgehead atoms. The van der Waals surface area contributed by atoms with E-state index in [9.17, 15) is 9.59 Å². The van der Waals surface area contributed by atoms with E-state index in [4.69, 9.17) is 4.52 Å². The van der Waals surface area contributed by atoms with Crippen LogP contribution in [0.1, 0.15) is 29.4 Å². The Morgan fingerprint density at radius 3 is 2.88 bits per heavy atom. The highest BCUT2D eigenvalue weighted by atomic mass is 32.1. The average Bonchev–Trinajstić information content (AvgIpc) is 3.29. The monoisotopic (exact) mass is 360 g/mol. The van der Waals surface area contributed by atoms with Gasteiger partial charge in [-0.2, -0.15) is 4.98 Å². The van der Waals surface area contributed by atoms with Crippen molar-refractivity contribution in [3.8, 4) is 0 Å². The summed E-state index contributed by atoms with van der Waals surface area (Å²) in [6, 6.07) is 3.92. The van der Waals surface area contributed by atoms with Crippen LogP contribution in [0.3, 0.4) is 0 Å². The molecule has 8 heteroatoms. The minimum atomic E-state index is -0.0886. The highest BCUT2D eigenvalue weighted by Crippen LogP contribution is 2.18. The Labute approximate surface area is 149 Å². The summed E-state index contributed by atoms with van der Waals surface area (Å²) in [5.41, 5.74) is 0. The van der Waals surface area contributed by atoms with Crippen LogP contribution in [0.5, 0.6) is 0 Å². The highest BCUT2D eigenvalue weighted by Gasteiger charge is 2.26. The molecule has 2 amide bonds. The summed E-state index contributed by atoms with van der Waals surface area (Å²) < 4.78 is 4.97. The van der Waals surface area contributed by atoms with Gasteiger partial charge in [-0.3, -0.25) is 9.59 Å². The summed E-state index contributed by atoms with van der Waals surface area (Å²) in [5, 5.41) is 8.48. The van der Waals surface area contributed by atoms with Crippen LogP contribution >= 0.6 is 11.3 Å². The van der Waals surface area contributed by atoms with E-state index in [0.29, 0.717) is 37.6 Å². The molecule has 1 N–H and O–H groups in total. The molecule has 1 saturated heterocycles. The van der Waals surface area contributed by atoms with Gasteiger partial charge in [-0.25, -0.2) is 0 Å². The number of hydrogen-bond acceptors (Lipinski definition) is 6. The van der Waals surface area contributed by atoms with E-state index in [1.54, 1.807) is 29.2 Å². The number of nitrogens with one attached hydrogen (secondary N) is 1. The SMILES string of the molecule is Cc1noc(CNC(=O)C2CCN(C(=O)/C=C/c3cccs3)CC2)n1. The van der Waals surface area contributed by atoms with Crippen molar-refractivity contribution in [1.29, 1.82) is 0 Å². The normalized spacial score (nSPS) is 15.6. The van der Waals surface area contributed by atoms with Gasteiger partial charge in [0.25, 0.3) is 0 Å². The van der Waals surface area contributed by atoms with Crippen molar-refractivity contribution < 1.29 is 14.1 Å². The van der Waals surface area contributed by atoms with Gasteiger partial charge in [0.2, 0.25) is 17.7 Å². The quantitative estimate of drug-likeness (QED) is 0.824. The van der Waals surface area contributed by atoms with E-state index in [2.05, 4.69) is 15.5 Å². The van der Waals surface area contributed by atoms with Gasteiger partial charge in [-0.15, -0.1) is 11.3 Å². The van der Waals surface area contributed by atoms with Gasteiger partial charge >= 0.3 is 0 Å². The van der Waals surface area contributed by atoms with Crippen molar-refractivity contribution in [2.24, 2.45) is 5.92 Å². The van der Waals surface area contributed by atoms with Crippen LogP contribution in [-0.4, -0.2) is 39.9 Å². The van der Waals surface area contributed by atoms with E-state index < -0.39 is 0 Å². The summed E-state index contributed by atoms with van der Waals surface area (Å²) in [6.07, 6.45) is 4.75. The zero-order chi connectivity index (χ0) is 17.6. The van der Waals surface area contributed by atoms with E-state index in [0.717, 1.165) is 4.88 Å². The second-order valence-corrected chi connectivity index (χ2v) is 6.88. The molecule has 1 fully saturated rings. The molecule has 0 aromatic carbocycles. The summed E-state index contributed by atoms with van der Waals surface area (Å²) in [4.78, 5) is 31.3. The third-order valence-electron chi connectivity index (χ3n) is 4.09. The number of likely N-dealkylation sites (tertiary alicyclic amines) is 1. The molecule has 0 unspecified atom stereocenters. The predicted molar refractivity (Wildman–Crippen MR) is 93.5 cm³/mol. The standard InChI is InChI=1S/C17H20N4O3S/c1-12-19-15(24-20-12)11-18-17(23)13-6-8-21(9-7-13)16(22)5-4-14-3-2-10-25-14/h2-5,10,13H,6-9,11H2,1H3,(H,18,23)/b5-4+. The molecular weight excluding hydrogens is 340 g/mol. The van der Waals surface area contributed by atoms with Crippen LogP contribution in [-0.2, 0) is 16.1 Å². The fourth-order valence-electron chi connectivity index (χ4n) is 2.73. The van der Waals surface area contributed by atoms with Gasteiger partial charge in [0.1, 0.15) is 0 Å². The fourth-order valence-corrected chi connectivity index (χ4v) is 3.34. The van der Waals surface area contributed by atoms with Gasteiger partial charge in [0.15, 0.2) is 5.82 Å². The second-order valence-electron chi connectivity index (χ2n) is 5.90. The van der Waals surface area contributed by atoms with Crippen LogP contribution in [0, 0.1) is 12.8 Å². The molecule has 0 aliphatic carbocycles. The zero-order valence-electron chi connectivity index (χ0n) is 14.0. The number of aromatic nitrogens is 2. The Morgan fingerprint density at radius 2 is 2.24 bits per heavy atom. The molecule has 25 heavy (non-hydrogen) atoms. The van der Waals surface area contributed by atoms with Crippen LogP contribution < -0.4 is 5.32 Å². The maximum absolute atomic E-state index is 12.2. The topological polar surface area (TPSA) is 88.3 Å². The lowest BCUT2D eigenvalue weighted by Crippen LogP contribution is -2.42. The Bertz CT molecular complexity index is 746. The molecule has 1 aliphatic rings. The Balaban J connectivity index is 1.43. The number of piperidine rings is 1. The first-order valence-electron chi connectivity index (χ1n) is 8.19. The molecule has 2 aromatic heterocycles. The van der Waals surface area contributed by atoms with Crippen molar-refractivity contribution in [1.82, 2.24) is 20.4 Å². The number of aryl methyl sites for hydroxylation is 1. The number of carbonyl (C=O) groups is 2. The average molecular weight is 360 g/mol. The summed E-state index contributed by atoms with van der Waals surface area (Å²) in [7, 11) is 0. The third kappa shape index (κ3) is 4.76. The lowest BCUT2D eigenvalue weighted by Gasteiger charge is -2.30. The van der Waals surface area contributed by atoms with Gasteiger partial charge < -0.3 is 14.7 Å². The van der Waals surface area contributed by atoms with Crippen molar-refractivity contribution in [2.75, 3.05) is 13.1 Å². The lowest BCUT2D eigenvalue weighted by atomic mass is 9.96. The Kier molecular flexibility index (Phi) is 5.60. The number of amides is 2. The maximum Gasteiger partial charge on any atom is 0.246 e. The minimum Gasteiger partial charge on any atom is -0.347 e. The summed E-state index contributed by atoms with van der Waals surface area (Å²) in [6.45, 7) is 3.15. The first kappa shape index (κ1) is 17.3. The van der Waals surface area contributed by atoms with E-state index in [1.165, 1.54) is 0 Å². The molecule has 7 nitrogen and oxygen atoms in total. The highest BCUT2D eigenvalue weighted by molar-refractivity contribution is 7.10. The van der Waals surface area contributed by atoms with Crippen LogP contribution in [0.4, 0.5) is 0 Å². The summed E-state index contributed by atoms with van der Waals surface area (Å²) >= 11 is 1.59. The molecule has 0 atom stereocenters. The molecule has 132 valence electrons. The number of rotatable bonds is 5. The molecule has 3 heterocycles. The maximum atomic E-state index is 12.2. The number of nitrogens with zero attached hydrogens (tertiary/aromatic N) is 3. The molecule has 3 rings (SSSR count). The van der Waals surface area contributed by atoms with Crippen LogP contribution in [0.15, 0.2) is 28.1 Å². The van der Waals surface area contributed by atoms with Gasteiger partial charge in [-0.05, 0) is 37.3 Å². The van der Waals surface area contributed by atoms with Crippen molar-refractivity contribution in [3.05, 3.63) is 40.2 Å².